The van der Waals surface area contributed by atoms with Gasteiger partial charge in [-0.3, -0.25) is 13.9 Å². The van der Waals surface area contributed by atoms with Crippen molar-refractivity contribution < 1.29 is 46.1 Å². The van der Waals surface area contributed by atoms with E-state index >= 15 is 0 Å². The summed E-state index contributed by atoms with van der Waals surface area (Å²) < 4.78 is 63.7. The lowest BCUT2D eigenvalue weighted by Gasteiger charge is -2.11. The zero-order valence-electron chi connectivity index (χ0n) is 19.4. The van der Waals surface area contributed by atoms with E-state index < -0.39 is 43.8 Å². The molecule has 1 aromatic heterocycles. The van der Waals surface area contributed by atoms with Gasteiger partial charge in [0.25, 0.3) is 26.1 Å². The van der Waals surface area contributed by atoms with Gasteiger partial charge in [0.15, 0.2) is 0 Å². The van der Waals surface area contributed by atoms with Gasteiger partial charge < -0.3 is 15.3 Å². The van der Waals surface area contributed by atoms with Gasteiger partial charge in [-0.2, -0.15) is 26.5 Å². The third-order valence-corrected chi connectivity index (χ3v) is 6.98. The van der Waals surface area contributed by atoms with Gasteiger partial charge in [0.1, 0.15) is 11.1 Å². The Labute approximate surface area is 220 Å². The average Bonchev–Trinajstić information content (AvgIpc) is 3.32. The Morgan fingerprint density at radius 2 is 1.28 bits per heavy atom. The lowest BCUT2D eigenvalue weighted by Crippen LogP contribution is -2.21. The van der Waals surface area contributed by atoms with Crippen molar-refractivity contribution in [1.29, 1.82) is 0 Å². The molecule has 2 heterocycles. The molecule has 0 saturated carbocycles. The Hall–Kier alpha value is -4.77. The van der Waals surface area contributed by atoms with Crippen LogP contribution in [0.3, 0.4) is 0 Å². The van der Waals surface area contributed by atoms with E-state index in [4.69, 9.17) is 9.11 Å². The van der Waals surface area contributed by atoms with Crippen molar-refractivity contribution >= 4 is 43.8 Å². The third-order valence-electron chi connectivity index (χ3n) is 5.24. The maximum Gasteiger partial charge on any atom is 0.294 e. The van der Waals surface area contributed by atoms with Gasteiger partial charge in [0, 0.05) is 0 Å². The molecule has 1 aliphatic heterocycles. The summed E-state index contributed by atoms with van der Waals surface area (Å²) in [4.78, 5) is 11.9. The van der Waals surface area contributed by atoms with Crippen LogP contribution < -0.4 is 5.01 Å². The molecule has 0 unspecified atom stereocenters. The van der Waals surface area contributed by atoms with Crippen molar-refractivity contribution in [3.8, 4) is 17.4 Å². The summed E-state index contributed by atoms with van der Waals surface area (Å²) in [6.45, 7) is 0. The Morgan fingerprint density at radius 1 is 0.744 bits per heavy atom. The monoisotopic (exact) mass is 574 g/mol. The van der Waals surface area contributed by atoms with E-state index in [-0.39, 0.29) is 32.3 Å². The van der Waals surface area contributed by atoms with Crippen molar-refractivity contribution in [3.63, 3.8) is 0 Å². The molecule has 1 aliphatic rings. The van der Waals surface area contributed by atoms with Crippen LogP contribution in [0, 0.1) is 0 Å². The summed E-state index contributed by atoms with van der Waals surface area (Å²) in [5.74, 6) is -2.32. The van der Waals surface area contributed by atoms with Crippen molar-refractivity contribution in [2.24, 2.45) is 5.10 Å². The van der Waals surface area contributed by atoms with Crippen LogP contribution in [0.1, 0.15) is 5.56 Å². The summed E-state index contributed by atoms with van der Waals surface area (Å²) in [5, 5.41) is 38.9. The molecule has 1 amide bonds. The summed E-state index contributed by atoms with van der Waals surface area (Å²) in [7, 11) is -8.83. The number of aliphatic hydroxyl groups is 1. The minimum atomic E-state index is -4.42. The molecule has 4 rings (SSSR count). The number of hydrogen-bond donors (Lipinski definition) is 5. The number of carbonyl (C=O) groups is 1. The van der Waals surface area contributed by atoms with Gasteiger partial charge in [-0.1, -0.05) is 18.2 Å². The van der Waals surface area contributed by atoms with Crippen molar-refractivity contribution in [2.45, 2.75) is 9.79 Å². The Kier molecular flexibility index (Phi) is 7.12. The van der Waals surface area contributed by atoms with E-state index in [1.54, 1.807) is 0 Å². The van der Waals surface area contributed by atoms with E-state index in [0.29, 0.717) is 0 Å². The minimum absolute atomic E-state index is 0.0768. The Morgan fingerprint density at radius 3 is 1.82 bits per heavy atom. The van der Waals surface area contributed by atoms with Crippen LogP contribution >= 0.6 is 0 Å². The average molecular weight is 575 g/mol. The molecule has 0 radical (unpaired) electrons. The van der Waals surface area contributed by atoms with Crippen LogP contribution in [-0.4, -0.2) is 62.8 Å². The molecule has 5 N–H and O–H groups in total. The van der Waals surface area contributed by atoms with Crippen LogP contribution in [0.5, 0.6) is 11.8 Å². The number of aliphatic hydroxyl groups excluding tert-OH is 1. The quantitative estimate of drug-likeness (QED) is 0.156. The highest BCUT2D eigenvalue weighted by atomic mass is 32.2. The van der Waals surface area contributed by atoms with E-state index in [1.807, 2.05) is 0 Å². The minimum Gasteiger partial charge on any atom is -0.493 e. The number of amides is 1. The summed E-state index contributed by atoms with van der Waals surface area (Å²) in [5.41, 5.74) is 0.0843. The smallest absolute Gasteiger partial charge is 0.294 e. The number of carbonyl (C=O) groups excluding carboxylic acids is 1. The van der Waals surface area contributed by atoms with E-state index in [0.717, 1.165) is 34.0 Å². The predicted octanol–water partition coefficient (Wildman–Crippen LogP) is 2.19. The van der Waals surface area contributed by atoms with Gasteiger partial charge >= 0.3 is 0 Å². The fourth-order valence-corrected chi connectivity index (χ4v) is 4.31. The van der Waals surface area contributed by atoms with Gasteiger partial charge in [-0.05, 0) is 60.7 Å². The highest BCUT2D eigenvalue weighted by Gasteiger charge is 2.30. The van der Waals surface area contributed by atoms with Crippen molar-refractivity contribution in [3.05, 3.63) is 84.0 Å². The summed E-state index contributed by atoms with van der Waals surface area (Å²) >= 11 is 0. The summed E-state index contributed by atoms with van der Waals surface area (Å²) in [6.07, 6.45) is 6.71. The molecule has 0 fully saturated rings. The van der Waals surface area contributed by atoms with Crippen LogP contribution in [0.15, 0.2) is 93.3 Å². The molecular formula is C23H18N4O10S2. The molecule has 202 valence electrons. The number of nitrogens with zero attached hydrogens (tertiary/aromatic N) is 4. The highest BCUT2D eigenvalue weighted by molar-refractivity contribution is 7.86. The van der Waals surface area contributed by atoms with Crippen LogP contribution in [-0.2, 0) is 25.0 Å². The number of anilines is 1. The molecular weight excluding hydrogens is 556 g/mol. The first-order valence-electron chi connectivity index (χ1n) is 10.6. The Bertz CT molecular complexity index is 1790. The number of benzene rings is 2. The molecule has 3 aromatic rings. The van der Waals surface area contributed by atoms with Gasteiger partial charge in [0.2, 0.25) is 17.7 Å². The molecule has 0 saturated heterocycles. The number of hydrazone groups is 1. The zero-order valence-corrected chi connectivity index (χ0v) is 21.0. The lowest BCUT2D eigenvalue weighted by atomic mass is 10.2. The van der Waals surface area contributed by atoms with Crippen LogP contribution in [0.4, 0.5) is 5.69 Å². The van der Waals surface area contributed by atoms with Crippen molar-refractivity contribution in [2.75, 3.05) is 5.01 Å². The van der Waals surface area contributed by atoms with E-state index in [1.165, 1.54) is 54.6 Å². The molecule has 14 nitrogen and oxygen atoms in total. The normalized spacial score (nSPS) is 15.6. The number of hydrogen-bond acceptors (Lipinski definition) is 9. The molecule has 0 spiro atoms. The van der Waals surface area contributed by atoms with Gasteiger partial charge in [-0.15, -0.1) is 10.2 Å². The largest absolute Gasteiger partial charge is 0.493 e. The number of aromatic hydroxyl groups is 2. The summed E-state index contributed by atoms with van der Waals surface area (Å²) in [6, 6.07) is 9.28. The third kappa shape index (κ3) is 5.73. The number of aromatic nitrogens is 2. The van der Waals surface area contributed by atoms with Gasteiger partial charge in [-0.25, -0.2) is 0 Å². The number of rotatable bonds is 7. The van der Waals surface area contributed by atoms with Crippen LogP contribution in [0.2, 0.25) is 0 Å². The molecule has 39 heavy (non-hydrogen) atoms. The van der Waals surface area contributed by atoms with Gasteiger partial charge in [0.05, 0.1) is 21.2 Å². The lowest BCUT2D eigenvalue weighted by molar-refractivity contribution is -0.114. The topological polar surface area (TPSA) is 220 Å². The fraction of sp³-hybridized carbons (Fsp3) is 0. The maximum atomic E-state index is 12.6. The maximum absolute atomic E-state index is 12.6. The molecule has 0 atom stereocenters. The van der Waals surface area contributed by atoms with Crippen molar-refractivity contribution in [1.82, 2.24) is 9.78 Å². The van der Waals surface area contributed by atoms with E-state index in [2.05, 4.69) is 10.2 Å². The first-order valence-corrected chi connectivity index (χ1v) is 13.5. The Balaban J connectivity index is 1.48. The number of allylic oxidation sites excluding steroid dienone is 4. The zero-order chi connectivity index (χ0) is 28.5. The molecule has 0 aliphatic carbocycles. The highest BCUT2D eigenvalue weighted by Crippen LogP contribution is 2.31. The first kappa shape index (κ1) is 27.3. The molecule has 0 bridgehead atoms. The second kappa shape index (κ2) is 10.2. The standard InChI is InChI=1S/C23H18N4O10S2/c28-20-18(22(30)26(24-20)14-6-10-16(11-7-14)38(32,33)34)4-2-1-3-5-19-21(29)25-27(23(19)31)15-8-12-17(13-9-15)39(35,36)37/h1-13,30H,(H,24,28)(H,25,29)(H,32,33,34)(H,35,36,37). The van der Waals surface area contributed by atoms with Crippen LogP contribution in [0.25, 0.3) is 11.8 Å². The SMILES string of the molecule is O=C1C(=CC=CC=Cc2c(O)nn(-c3ccc(S(=O)(=O)O)cc3)c2O)C(O)=NN1c1ccc(S(=O)(=O)O)cc1. The fourth-order valence-electron chi connectivity index (χ4n) is 3.35. The molecule has 16 heteroatoms. The predicted molar refractivity (Wildman–Crippen MR) is 137 cm³/mol. The second-order valence-electron chi connectivity index (χ2n) is 7.78. The molecule has 2 aromatic carbocycles. The first-order chi connectivity index (χ1) is 18.3. The van der Waals surface area contributed by atoms with E-state index in [9.17, 15) is 36.9 Å². The second-order valence-corrected chi connectivity index (χ2v) is 10.6.